The molecule has 0 radical (unpaired) electrons. The highest BCUT2D eigenvalue weighted by Gasteiger charge is 2.12. The maximum Gasteiger partial charge on any atom is 0.266 e. The number of nitrogens with zero attached hydrogens (tertiary/aromatic N) is 1. The van der Waals surface area contributed by atoms with Gasteiger partial charge in [-0.25, -0.2) is 0 Å². The van der Waals surface area contributed by atoms with Gasteiger partial charge in [0.15, 0.2) is 0 Å². The van der Waals surface area contributed by atoms with E-state index in [1.165, 1.54) is 6.08 Å². The number of nitrogens with one attached hydrogen (secondary N) is 1. The van der Waals surface area contributed by atoms with Crippen molar-refractivity contribution in [1.29, 1.82) is 5.26 Å². The van der Waals surface area contributed by atoms with Crippen LogP contribution in [0.2, 0.25) is 0 Å². The fourth-order valence-corrected chi connectivity index (χ4v) is 2.40. The lowest BCUT2D eigenvalue weighted by molar-refractivity contribution is -0.112. The second-order valence-electron chi connectivity index (χ2n) is 5.38. The average Bonchev–Trinajstić information content (AvgIpc) is 2.66. The molecule has 0 aliphatic rings. The molecule has 0 aromatic heterocycles. The third-order valence-corrected chi connectivity index (χ3v) is 3.98. The molecule has 1 N–H and O–H groups in total. The number of halogens is 1. The first-order chi connectivity index (χ1) is 12.6. The highest BCUT2D eigenvalue weighted by molar-refractivity contribution is 9.10. The minimum Gasteiger partial charge on any atom is -0.497 e. The minimum atomic E-state index is -0.480. The topological polar surface area (TPSA) is 71.3 Å². The number of carbonyl (C=O) groups excluding carboxylic acids is 1. The van der Waals surface area contributed by atoms with Crippen molar-refractivity contribution in [3.05, 3.63) is 58.1 Å². The van der Waals surface area contributed by atoms with Crippen LogP contribution in [0.15, 0.2) is 52.5 Å². The summed E-state index contributed by atoms with van der Waals surface area (Å²) in [5.74, 6) is 0.730. The smallest absolute Gasteiger partial charge is 0.266 e. The fraction of sp³-hybridized carbons (Fsp3) is 0.200. The number of benzene rings is 2. The maximum absolute atomic E-state index is 12.4. The number of carbonyl (C=O) groups is 1. The molecule has 0 saturated heterocycles. The van der Waals surface area contributed by atoms with E-state index in [0.29, 0.717) is 29.4 Å². The molecule has 0 spiro atoms. The van der Waals surface area contributed by atoms with Crippen LogP contribution in [0.5, 0.6) is 11.5 Å². The number of amides is 1. The molecule has 26 heavy (non-hydrogen) atoms. The van der Waals surface area contributed by atoms with E-state index in [9.17, 15) is 10.1 Å². The molecule has 5 nitrogen and oxygen atoms in total. The molecule has 2 aromatic carbocycles. The Hall–Kier alpha value is -2.78. The molecule has 0 bridgehead atoms. The maximum atomic E-state index is 12.4. The van der Waals surface area contributed by atoms with Gasteiger partial charge in [-0.2, -0.15) is 5.26 Å². The Kier molecular flexibility index (Phi) is 7.24. The Morgan fingerprint density at radius 3 is 2.62 bits per heavy atom. The van der Waals surface area contributed by atoms with Crippen molar-refractivity contribution in [1.82, 2.24) is 0 Å². The number of anilines is 1. The van der Waals surface area contributed by atoms with Gasteiger partial charge in [-0.05, 0) is 48.9 Å². The molecule has 1 amide bonds. The van der Waals surface area contributed by atoms with E-state index in [4.69, 9.17) is 9.47 Å². The van der Waals surface area contributed by atoms with Gasteiger partial charge in [-0.3, -0.25) is 4.79 Å². The van der Waals surface area contributed by atoms with E-state index in [0.717, 1.165) is 10.9 Å². The number of ether oxygens (including phenoxy) is 2. The van der Waals surface area contributed by atoms with Crippen LogP contribution in [0.3, 0.4) is 0 Å². The highest BCUT2D eigenvalue weighted by atomic mass is 79.9. The Morgan fingerprint density at radius 1 is 1.27 bits per heavy atom. The summed E-state index contributed by atoms with van der Waals surface area (Å²) in [4.78, 5) is 12.4. The van der Waals surface area contributed by atoms with Crippen molar-refractivity contribution < 1.29 is 14.3 Å². The minimum absolute atomic E-state index is 0.0144. The average molecular weight is 415 g/mol. The predicted molar refractivity (Wildman–Crippen MR) is 105 cm³/mol. The highest BCUT2D eigenvalue weighted by Crippen LogP contribution is 2.27. The van der Waals surface area contributed by atoms with Gasteiger partial charge in [-0.1, -0.05) is 22.9 Å². The van der Waals surface area contributed by atoms with Crippen molar-refractivity contribution in [2.24, 2.45) is 0 Å². The molecule has 0 aliphatic carbocycles. The number of methoxy groups -OCH3 is 1. The summed E-state index contributed by atoms with van der Waals surface area (Å²) in [5, 5.41) is 12.1. The molecular weight excluding hydrogens is 396 g/mol. The van der Waals surface area contributed by atoms with E-state index in [-0.39, 0.29) is 5.57 Å². The molecule has 6 heteroatoms. The van der Waals surface area contributed by atoms with Crippen LogP contribution < -0.4 is 14.8 Å². The monoisotopic (exact) mass is 414 g/mol. The van der Waals surface area contributed by atoms with Crippen LogP contribution in [0.4, 0.5) is 5.69 Å². The number of hydrogen-bond donors (Lipinski definition) is 1. The molecule has 134 valence electrons. The van der Waals surface area contributed by atoms with E-state index in [2.05, 4.69) is 21.2 Å². The van der Waals surface area contributed by atoms with Crippen LogP contribution in [-0.2, 0) is 4.79 Å². The summed E-state index contributed by atoms with van der Waals surface area (Å²) >= 11 is 3.34. The largest absolute Gasteiger partial charge is 0.497 e. The standard InChI is InChI=1S/C20H19BrN2O3/c1-3-10-26-19-12-18(25-2)9-4-14(19)11-15(13-22)20(24)23-17-7-5-16(21)6-8-17/h4-9,11-12H,3,10H2,1-2H3,(H,23,24)/b15-11+. The summed E-state index contributed by atoms with van der Waals surface area (Å²) in [6.45, 7) is 2.53. The zero-order chi connectivity index (χ0) is 18.9. The SMILES string of the molecule is CCCOc1cc(OC)ccc1/C=C(\C#N)C(=O)Nc1ccc(Br)cc1. The van der Waals surface area contributed by atoms with Gasteiger partial charge < -0.3 is 14.8 Å². The van der Waals surface area contributed by atoms with Crippen LogP contribution >= 0.6 is 15.9 Å². The Labute approximate surface area is 161 Å². The first-order valence-electron chi connectivity index (χ1n) is 8.07. The van der Waals surface area contributed by atoms with E-state index in [1.807, 2.05) is 25.1 Å². The summed E-state index contributed by atoms with van der Waals surface area (Å²) in [5.41, 5.74) is 1.23. The lowest BCUT2D eigenvalue weighted by Crippen LogP contribution is -2.13. The summed E-state index contributed by atoms with van der Waals surface area (Å²) in [7, 11) is 1.57. The van der Waals surface area contributed by atoms with Gasteiger partial charge in [0.05, 0.1) is 13.7 Å². The lowest BCUT2D eigenvalue weighted by atomic mass is 10.1. The van der Waals surface area contributed by atoms with Crippen LogP contribution in [0.25, 0.3) is 6.08 Å². The summed E-state index contributed by atoms with van der Waals surface area (Å²) < 4.78 is 11.8. The van der Waals surface area contributed by atoms with Gasteiger partial charge >= 0.3 is 0 Å². The molecule has 0 heterocycles. The van der Waals surface area contributed by atoms with Crippen LogP contribution in [0, 0.1) is 11.3 Å². The van der Waals surface area contributed by atoms with E-state index in [1.54, 1.807) is 37.4 Å². The molecule has 2 aromatic rings. The Bertz CT molecular complexity index is 839. The summed E-state index contributed by atoms with van der Waals surface area (Å²) in [6.07, 6.45) is 2.36. The zero-order valence-corrected chi connectivity index (χ0v) is 16.2. The lowest BCUT2D eigenvalue weighted by Gasteiger charge is -2.11. The molecule has 0 aliphatic heterocycles. The van der Waals surface area contributed by atoms with Gasteiger partial charge in [0.1, 0.15) is 23.1 Å². The van der Waals surface area contributed by atoms with Crippen molar-refractivity contribution in [3.63, 3.8) is 0 Å². The zero-order valence-electron chi connectivity index (χ0n) is 14.6. The summed E-state index contributed by atoms with van der Waals surface area (Å²) in [6, 6.07) is 14.3. The third kappa shape index (κ3) is 5.36. The third-order valence-electron chi connectivity index (χ3n) is 3.45. The first-order valence-corrected chi connectivity index (χ1v) is 8.86. The van der Waals surface area contributed by atoms with Gasteiger partial charge in [0.2, 0.25) is 0 Å². The second kappa shape index (κ2) is 9.64. The quantitative estimate of drug-likeness (QED) is 0.521. The first kappa shape index (κ1) is 19.5. The number of hydrogen-bond acceptors (Lipinski definition) is 4. The van der Waals surface area contributed by atoms with E-state index < -0.39 is 5.91 Å². The van der Waals surface area contributed by atoms with Crippen LogP contribution in [-0.4, -0.2) is 19.6 Å². The second-order valence-corrected chi connectivity index (χ2v) is 6.30. The molecule has 0 fully saturated rings. The molecule has 2 rings (SSSR count). The van der Waals surface area contributed by atoms with Crippen LogP contribution in [0.1, 0.15) is 18.9 Å². The van der Waals surface area contributed by atoms with Crippen molar-refractivity contribution >= 4 is 33.6 Å². The van der Waals surface area contributed by atoms with Gasteiger partial charge in [0, 0.05) is 21.8 Å². The van der Waals surface area contributed by atoms with Gasteiger partial charge in [0.25, 0.3) is 5.91 Å². The predicted octanol–water partition coefficient (Wildman–Crippen LogP) is 4.79. The van der Waals surface area contributed by atoms with Crippen molar-refractivity contribution in [2.75, 3.05) is 19.0 Å². The number of rotatable bonds is 7. The molecular formula is C20H19BrN2O3. The molecule has 0 saturated carbocycles. The van der Waals surface area contributed by atoms with Crippen molar-refractivity contribution in [3.8, 4) is 17.6 Å². The Morgan fingerprint density at radius 2 is 2.00 bits per heavy atom. The molecule has 0 atom stereocenters. The molecule has 0 unspecified atom stereocenters. The van der Waals surface area contributed by atoms with Gasteiger partial charge in [-0.15, -0.1) is 0 Å². The Balaban J connectivity index is 2.27. The fourth-order valence-electron chi connectivity index (χ4n) is 2.13. The normalized spacial score (nSPS) is 10.8. The van der Waals surface area contributed by atoms with Crippen molar-refractivity contribution in [2.45, 2.75) is 13.3 Å². The number of nitriles is 1. The van der Waals surface area contributed by atoms with E-state index >= 15 is 0 Å².